The number of hydrogen-bond donors (Lipinski definition) is 1. The van der Waals surface area contributed by atoms with E-state index in [2.05, 4.69) is 5.32 Å². The van der Waals surface area contributed by atoms with E-state index in [4.69, 9.17) is 23.2 Å². The smallest absolute Gasteiger partial charge is 0.264 e. The van der Waals surface area contributed by atoms with Crippen molar-refractivity contribution in [2.45, 2.75) is 62.6 Å². The van der Waals surface area contributed by atoms with Gasteiger partial charge in [-0.1, -0.05) is 108 Å². The first-order chi connectivity index (χ1) is 22.1. The van der Waals surface area contributed by atoms with Gasteiger partial charge in [0.05, 0.1) is 10.6 Å². The fourth-order valence-corrected chi connectivity index (χ4v) is 7.60. The van der Waals surface area contributed by atoms with E-state index >= 15 is 0 Å². The number of hydrogen-bond acceptors (Lipinski definition) is 4. The van der Waals surface area contributed by atoms with Crippen LogP contribution in [-0.4, -0.2) is 43.8 Å². The molecule has 10 heteroatoms. The molecule has 2 amide bonds. The number of halogens is 2. The van der Waals surface area contributed by atoms with Crippen molar-refractivity contribution in [3.63, 3.8) is 0 Å². The number of benzene rings is 4. The molecule has 7 nitrogen and oxygen atoms in total. The Morgan fingerprint density at radius 2 is 1.50 bits per heavy atom. The summed E-state index contributed by atoms with van der Waals surface area (Å²) in [5, 5.41) is 3.95. The quantitative estimate of drug-likeness (QED) is 0.172. The topological polar surface area (TPSA) is 86.8 Å². The average molecular weight is 679 g/mol. The summed E-state index contributed by atoms with van der Waals surface area (Å²) in [6, 6.07) is 28.5. The number of rotatable bonds is 12. The van der Waals surface area contributed by atoms with Crippen LogP contribution in [0.2, 0.25) is 10.0 Å². The molecule has 0 saturated heterocycles. The van der Waals surface area contributed by atoms with E-state index in [1.165, 1.54) is 17.0 Å². The molecule has 0 aromatic heterocycles. The Hall–Kier alpha value is -3.85. The first-order valence-corrected chi connectivity index (χ1v) is 17.5. The van der Waals surface area contributed by atoms with E-state index in [9.17, 15) is 18.0 Å². The van der Waals surface area contributed by atoms with Crippen LogP contribution in [0, 0.1) is 6.92 Å². The molecular weight excluding hydrogens is 641 g/mol. The summed E-state index contributed by atoms with van der Waals surface area (Å²) in [4.78, 5) is 30.2. The third-order valence-electron chi connectivity index (χ3n) is 8.26. The molecule has 0 radical (unpaired) electrons. The van der Waals surface area contributed by atoms with Crippen LogP contribution in [0.3, 0.4) is 0 Å². The van der Waals surface area contributed by atoms with Crippen LogP contribution in [0.5, 0.6) is 0 Å². The predicted octanol–water partition coefficient (Wildman–Crippen LogP) is 7.20. The second kappa shape index (κ2) is 15.2. The van der Waals surface area contributed by atoms with Crippen molar-refractivity contribution in [2.75, 3.05) is 10.8 Å². The van der Waals surface area contributed by atoms with E-state index in [0.29, 0.717) is 21.3 Å². The molecule has 4 aromatic rings. The first kappa shape index (κ1) is 33.5. The molecule has 1 atom stereocenters. The van der Waals surface area contributed by atoms with Gasteiger partial charge in [-0.15, -0.1) is 0 Å². The molecule has 0 heterocycles. The van der Waals surface area contributed by atoms with Gasteiger partial charge in [0.15, 0.2) is 0 Å². The summed E-state index contributed by atoms with van der Waals surface area (Å²) in [5.74, 6) is -0.838. The Labute approximate surface area is 281 Å². The van der Waals surface area contributed by atoms with Crippen molar-refractivity contribution in [1.29, 1.82) is 0 Å². The van der Waals surface area contributed by atoms with Gasteiger partial charge in [0.2, 0.25) is 11.8 Å². The monoisotopic (exact) mass is 677 g/mol. The van der Waals surface area contributed by atoms with Gasteiger partial charge in [-0.25, -0.2) is 8.42 Å². The predicted molar refractivity (Wildman–Crippen MR) is 183 cm³/mol. The molecule has 0 unspecified atom stereocenters. The highest BCUT2D eigenvalue weighted by molar-refractivity contribution is 7.92. The van der Waals surface area contributed by atoms with Crippen LogP contribution in [-0.2, 0) is 32.6 Å². The second-order valence-corrected chi connectivity index (χ2v) is 14.3. The van der Waals surface area contributed by atoms with Crippen molar-refractivity contribution in [2.24, 2.45) is 0 Å². The first-order valence-electron chi connectivity index (χ1n) is 15.3. The summed E-state index contributed by atoms with van der Waals surface area (Å²) in [6.45, 7) is 1.31. The van der Waals surface area contributed by atoms with Gasteiger partial charge < -0.3 is 10.2 Å². The third kappa shape index (κ3) is 8.29. The molecule has 5 rings (SSSR count). The van der Waals surface area contributed by atoms with Crippen molar-refractivity contribution in [1.82, 2.24) is 10.2 Å². The molecule has 0 bridgehead atoms. The molecule has 1 saturated carbocycles. The second-order valence-electron chi connectivity index (χ2n) is 11.6. The zero-order chi connectivity index (χ0) is 32.7. The largest absolute Gasteiger partial charge is 0.352 e. The molecule has 0 spiro atoms. The van der Waals surface area contributed by atoms with Gasteiger partial charge in [0.25, 0.3) is 10.0 Å². The maximum absolute atomic E-state index is 14.6. The molecule has 1 aliphatic carbocycles. The SMILES string of the molecule is Cc1ccc(S(=O)(=O)N(CC(=O)N(Cc2ccc(Cl)cc2Cl)[C@@H](Cc2ccccc2)C(=O)NC2CCCC2)c2ccccc2)cc1. The molecule has 46 heavy (non-hydrogen) atoms. The molecule has 240 valence electrons. The average Bonchev–Trinajstić information content (AvgIpc) is 3.56. The highest BCUT2D eigenvalue weighted by Gasteiger charge is 2.35. The number of nitrogens with one attached hydrogen (secondary N) is 1. The van der Waals surface area contributed by atoms with Gasteiger partial charge in [0.1, 0.15) is 12.6 Å². The van der Waals surface area contributed by atoms with Crippen molar-refractivity contribution < 1.29 is 18.0 Å². The number of sulfonamides is 1. The van der Waals surface area contributed by atoms with Crippen molar-refractivity contribution >= 4 is 50.7 Å². The molecule has 1 N–H and O–H groups in total. The van der Waals surface area contributed by atoms with Crippen LogP contribution < -0.4 is 9.62 Å². The zero-order valence-electron chi connectivity index (χ0n) is 25.6. The molecule has 4 aromatic carbocycles. The maximum atomic E-state index is 14.6. The highest BCUT2D eigenvalue weighted by atomic mass is 35.5. The fraction of sp³-hybridized carbons (Fsp3) is 0.278. The Balaban J connectivity index is 1.57. The number of amides is 2. The van der Waals surface area contributed by atoms with Crippen molar-refractivity contribution in [3.05, 3.63) is 130 Å². The number of carbonyl (C=O) groups is 2. The van der Waals surface area contributed by atoms with Crippen LogP contribution in [0.1, 0.15) is 42.4 Å². The summed E-state index contributed by atoms with van der Waals surface area (Å²) < 4.78 is 29.3. The normalized spacial score (nSPS) is 14.1. The Morgan fingerprint density at radius 1 is 0.870 bits per heavy atom. The summed E-state index contributed by atoms with van der Waals surface area (Å²) in [5.41, 5.74) is 2.68. The molecule has 1 fully saturated rings. The Morgan fingerprint density at radius 3 is 2.13 bits per heavy atom. The summed E-state index contributed by atoms with van der Waals surface area (Å²) >= 11 is 12.8. The lowest BCUT2D eigenvalue weighted by Gasteiger charge is -2.34. The number of para-hydroxylation sites is 1. The van der Waals surface area contributed by atoms with Gasteiger partial charge in [-0.3, -0.25) is 13.9 Å². The van der Waals surface area contributed by atoms with E-state index in [-0.39, 0.29) is 29.8 Å². The number of anilines is 1. The van der Waals surface area contributed by atoms with E-state index in [1.807, 2.05) is 37.3 Å². The summed E-state index contributed by atoms with van der Waals surface area (Å²) in [6.07, 6.45) is 4.03. The van der Waals surface area contributed by atoms with Crippen molar-refractivity contribution in [3.8, 4) is 0 Å². The van der Waals surface area contributed by atoms with Gasteiger partial charge in [-0.2, -0.15) is 0 Å². The van der Waals surface area contributed by atoms with Gasteiger partial charge >= 0.3 is 0 Å². The lowest BCUT2D eigenvalue weighted by Crippen LogP contribution is -2.54. The minimum absolute atomic E-state index is 0.0181. The lowest BCUT2D eigenvalue weighted by atomic mass is 10.0. The van der Waals surface area contributed by atoms with E-state index in [0.717, 1.165) is 41.1 Å². The number of carbonyl (C=O) groups excluding carboxylic acids is 2. The minimum atomic E-state index is -4.17. The lowest BCUT2D eigenvalue weighted by molar-refractivity contribution is -0.140. The molecule has 1 aliphatic rings. The highest BCUT2D eigenvalue weighted by Crippen LogP contribution is 2.28. The van der Waals surface area contributed by atoms with Crippen LogP contribution in [0.15, 0.2) is 108 Å². The molecule has 0 aliphatic heterocycles. The summed E-state index contributed by atoms with van der Waals surface area (Å²) in [7, 11) is -4.17. The maximum Gasteiger partial charge on any atom is 0.264 e. The van der Waals surface area contributed by atoms with E-state index in [1.54, 1.807) is 60.7 Å². The number of aryl methyl sites for hydroxylation is 1. The number of nitrogens with zero attached hydrogens (tertiary/aromatic N) is 2. The van der Waals surface area contributed by atoms with Crippen LogP contribution in [0.25, 0.3) is 0 Å². The van der Waals surface area contributed by atoms with Crippen LogP contribution in [0.4, 0.5) is 5.69 Å². The van der Waals surface area contributed by atoms with Crippen LogP contribution >= 0.6 is 23.2 Å². The minimum Gasteiger partial charge on any atom is -0.352 e. The fourth-order valence-electron chi connectivity index (χ4n) is 5.72. The zero-order valence-corrected chi connectivity index (χ0v) is 27.9. The van der Waals surface area contributed by atoms with Gasteiger partial charge in [0, 0.05) is 29.1 Å². The Kier molecular flexibility index (Phi) is 11.0. The van der Waals surface area contributed by atoms with Gasteiger partial charge in [-0.05, 0) is 67.3 Å². The Bertz CT molecular complexity index is 1750. The third-order valence-corrected chi connectivity index (χ3v) is 10.6. The standard InChI is InChI=1S/C36H37Cl2N3O4S/c1-26-16-20-32(21-17-26)46(44,45)41(31-14-6-3-7-15-31)25-35(42)40(24-28-18-19-29(37)23-33(28)38)34(22-27-10-4-2-5-11-27)36(43)39-30-12-8-9-13-30/h2-7,10-11,14-21,23,30,34H,8-9,12-13,22,24-25H2,1H3,(H,39,43)/t34-/m0/s1. The molecular formula is C36H37Cl2N3O4S. The van der Waals surface area contributed by atoms with E-state index < -0.39 is 28.5 Å².